The number of hydrogen-bond donors (Lipinski definition) is 1. The Bertz CT molecular complexity index is 1390. The minimum absolute atomic E-state index is 0.222. The lowest BCUT2D eigenvalue weighted by Gasteiger charge is -2.31. The summed E-state index contributed by atoms with van der Waals surface area (Å²) in [6.45, 7) is 0.478. The molecule has 2 aromatic carbocycles. The molecule has 3 heterocycles. The Kier molecular flexibility index (Phi) is 5.57. The minimum atomic E-state index is -0.376. The molecule has 0 radical (unpaired) electrons. The van der Waals surface area contributed by atoms with Crippen LogP contribution in [0.5, 0.6) is 5.75 Å². The highest BCUT2D eigenvalue weighted by atomic mass is 32.1. The third-order valence-electron chi connectivity index (χ3n) is 6.97. The van der Waals surface area contributed by atoms with Crippen molar-refractivity contribution < 1.29 is 13.9 Å². The van der Waals surface area contributed by atoms with Gasteiger partial charge in [-0.2, -0.15) is 0 Å². The number of rotatable bonds is 3. The monoisotopic (exact) mass is 487 g/mol. The van der Waals surface area contributed by atoms with Crippen LogP contribution in [0.4, 0.5) is 14.9 Å². The Morgan fingerprint density at radius 2 is 1.83 bits per heavy atom. The van der Waals surface area contributed by atoms with E-state index < -0.39 is 0 Å². The molecule has 178 valence electrons. The highest BCUT2D eigenvalue weighted by Crippen LogP contribution is 2.44. The second-order valence-electron chi connectivity index (χ2n) is 9.01. The van der Waals surface area contributed by atoms with Crippen LogP contribution < -0.4 is 10.1 Å². The van der Waals surface area contributed by atoms with Crippen LogP contribution in [-0.2, 0) is 19.4 Å². The number of methoxy groups -OCH3 is 1. The molecule has 6 rings (SSSR count). The van der Waals surface area contributed by atoms with Crippen molar-refractivity contribution in [3.63, 3.8) is 0 Å². The lowest BCUT2D eigenvalue weighted by molar-refractivity contribution is 0.194. The quantitative estimate of drug-likeness (QED) is 0.349. The van der Waals surface area contributed by atoms with Crippen LogP contribution in [0.15, 0.2) is 66.9 Å². The Morgan fingerprint density at radius 1 is 1.03 bits per heavy atom. The summed E-state index contributed by atoms with van der Waals surface area (Å²) in [5.74, 6) is 0.307. The summed E-state index contributed by atoms with van der Waals surface area (Å²) in [6, 6.07) is 17.4. The second-order valence-corrected chi connectivity index (χ2v) is 10.1. The number of carbonyl (C=O) groups excluding carboxylic acids is 1. The van der Waals surface area contributed by atoms with Crippen molar-refractivity contribution in [1.29, 1.82) is 0 Å². The highest BCUT2D eigenvalue weighted by molar-refractivity contribution is 7.15. The fourth-order valence-electron chi connectivity index (χ4n) is 5.32. The molecule has 1 atom stereocenters. The number of thiophene rings is 1. The number of anilines is 1. The number of carbonyl (C=O) groups is 1. The molecule has 0 bridgehead atoms. The first-order valence-corrected chi connectivity index (χ1v) is 12.7. The van der Waals surface area contributed by atoms with E-state index in [1.54, 1.807) is 19.2 Å². The largest absolute Gasteiger partial charge is 0.495 e. The number of benzene rings is 2. The van der Waals surface area contributed by atoms with Gasteiger partial charge in [-0.15, -0.1) is 11.3 Å². The number of nitrogens with zero attached hydrogens (tertiary/aromatic N) is 2. The van der Waals surface area contributed by atoms with Crippen LogP contribution >= 0.6 is 11.3 Å². The number of para-hydroxylation sites is 2. The van der Waals surface area contributed by atoms with Gasteiger partial charge in [-0.05, 0) is 73.2 Å². The van der Waals surface area contributed by atoms with Crippen molar-refractivity contribution in [2.45, 2.75) is 38.3 Å². The van der Waals surface area contributed by atoms with Gasteiger partial charge in [0.25, 0.3) is 0 Å². The average Bonchev–Trinajstić information content (AvgIpc) is 3.47. The van der Waals surface area contributed by atoms with Crippen molar-refractivity contribution in [2.75, 3.05) is 12.4 Å². The van der Waals surface area contributed by atoms with Crippen LogP contribution in [0.3, 0.4) is 0 Å². The van der Waals surface area contributed by atoms with E-state index in [9.17, 15) is 9.18 Å². The van der Waals surface area contributed by atoms with Gasteiger partial charge in [0.2, 0.25) is 0 Å². The summed E-state index contributed by atoms with van der Waals surface area (Å²) in [7, 11) is 1.59. The van der Waals surface area contributed by atoms with E-state index in [0.717, 1.165) is 24.1 Å². The predicted octanol–water partition coefficient (Wildman–Crippen LogP) is 6.70. The molecule has 0 spiro atoms. The van der Waals surface area contributed by atoms with E-state index in [0.29, 0.717) is 18.0 Å². The first-order chi connectivity index (χ1) is 17.1. The van der Waals surface area contributed by atoms with Gasteiger partial charge in [-0.25, -0.2) is 9.18 Å². The summed E-state index contributed by atoms with van der Waals surface area (Å²) >= 11 is 1.85. The van der Waals surface area contributed by atoms with E-state index in [-0.39, 0.29) is 17.9 Å². The zero-order valence-corrected chi connectivity index (χ0v) is 20.3. The maximum absolute atomic E-state index is 13.9. The Morgan fingerprint density at radius 3 is 2.66 bits per heavy atom. The standard InChI is InChI=1S/C28H26FN3O2S/c1-34-24-10-4-3-8-22(24)30-28(33)32-17-21-20-7-2-5-11-25(20)35-27(21)31-16-6-9-23(31)26(32)18-12-14-19(29)15-13-18/h3-4,6,8-10,12-16,26H,2,5,7,11,17H2,1H3,(H,30,33). The first kappa shape index (κ1) is 21.9. The zero-order chi connectivity index (χ0) is 23.9. The van der Waals surface area contributed by atoms with E-state index >= 15 is 0 Å². The van der Waals surface area contributed by atoms with Crippen molar-refractivity contribution in [3.8, 4) is 10.8 Å². The summed E-state index contributed by atoms with van der Waals surface area (Å²) in [5, 5.41) is 4.27. The van der Waals surface area contributed by atoms with Crippen LogP contribution in [-0.4, -0.2) is 22.6 Å². The van der Waals surface area contributed by atoms with Gasteiger partial charge in [0.05, 0.1) is 31.1 Å². The molecular weight excluding hydrogens is 461 g/mol. The van der Waals surface area contributed by atoms with Gasteiger partial charge >= 0.3 is 6.03 Å². The van der Waals surface area contributed by atoms with E-state index in [2.05, 4.69) is 22.1 Å². The molecule has 4 aromatic rings. The van der Waals surface area contributed by atoms with Crippen LogP contribution in [0, 0.1) is 5.82 Å². The molecule has 1 unspecified atom stereocenters. The Balaban J connectivity index is 1.50. The highest BCUT2D eigenvalue weighted by Gasteiger charge is 2.36. The van der Waals surface area contributed by atoms with Gasteiger partial charge in [-0.3, -0.25) is 0 Å². The molecule has 2 aliphatic rings. The van der Waals surface area contributed by atoms with Gasteiger partial charge in [0.15, 0.2) is 0 Å². The number of aromatic nitrogens is 1. The number of halogens is 1. The molecule has 5 nitrogen and oxygen atoms in total. The molecule has 1 N–H and O–H groups in total. The molecular formula is C28H26FN3O2S. The SMILES string of the molecule is COc1ccccc1NC(=O)N1Cc2c(sc3c2CCCC3)-n2cccc2C1c1ccc(F)cc1. The number of urea groups is 1. The molecule has 2 aromatic heterocycles. The molecule has 0 fully saturated rings. The normalized spacial score (nSPS) is 16.6. The van der Waals surface area contributed by atoms with E-state index in [1.807, 2.05) is 46.6 Å². The lowest BCUT2D eigenvalue weighted by atomic mass is 9.95. The third-order valence-corrected chi connectivity index (χ3v) is 8.31. The van der Waals surface area contributed by atoms with Crippen LogP contribution in [0.1, 0.15) is 46.1 Å². The number of ether oxygens (including phenoxy) is 1. The molecule has 35 heavy (non-hydrogen) atoms. The van der Waals surface area contributed by atoms with Crippen molar-refractivity contribution >= 4 is 23.1 Å². The maximum Gasteiger partial charge on any atom is 0.323 e. The lowest BCUT2D eigenvalue weighted by Crippen LogP contribution is -2.38. The number of amides is 2. The van der Waals surface area contributed by atoms with E-state index in [1.165, 1.54) is 46.0 Å². The first-order valence-electron chi connectivity index (χ1n) is 11.9. The van der Waals surface area contributed by atoms with Gasteiger partial charge in [-0.1, -0.05) is 24.3 Å². The Hall–Kier alpha value is -3.58. The zero-order valence-electron chi connectivity index (χ0n) is 19.5. The second kappa shape index (κ2) is 8.89. The molecule has 0 saturated carbocycles. The molecule has 1 aliphatic heterocycles. The molecule has 1 aliphatic carbocycles. The van der Waals surface area contributed by atoms with Crippen LogP contribution in [0.25, 0.3) is 5.00 Å². The summed E-state index contributed by atoms with van der Waals surface area (Å²) < 4.78 is 21.5. The smallest absolute Gasteiger partial charge is 0.323 e. The van der Waals surface area contributed by atoms with Crippen molar-refractivity contribution in [1.82, 2.24) is 9.47 Å². The predicted molar refractivity (Wildman–Crippen MR) is 136 cm³/mol. The van der Waals surface area contributed by atoms with Gasteiger partial charge in [0.1, 0.15) is 16.6 Å². The van der Waals surface area contributed by atoms with Gasteiger partial charge in [0, 0.05) is 16.6 Å². The minimum Gasteiger partial charge on any atom is -0.495 e. The number of fused-ring (bicyclic) bond motifs is 5. The summed E-state index contributed by atoms with van der Waals surface area (Å²) in [4.78, 5) is 17.3. The van der Waals surface area contributed by atoms with Crippen molar-refractivity contribution in [2.24, 2.45) is 0 Å². The fraction of sp³-hybridized carbons (Fsp3) is 0.250. The molecule has 2 amide bonds. The third kappa shape index (κ3) is 3.80. The fourth-order valence-corrected chi connectivity index (χ4v) is 6.72. The van der Waals surface area contributed by atoms with Crippen LogP contribution in [0.2, 0.25) is 0 Å². The van der Waals surface area contributed by atoms with E-state index in [4.69, 9.17) is 4.74 Å². The number of aryl methyl sites for hydroxylation is 1. The summed E-state index contributed by atoms with van der Waals surface area (Å²) in [6.07, 6.45) is 6.60. The van der Waals surface area contributed by atoms with Gasteiger partial charge < -0.3 is 19.5 Å². The Labute approximate surface area is 207 Å². The summed E-state index contributed by atoms with van der Waals surface area (Å²) in [5.41, 5.74) is 5.09. The average molecular weight is 488 g/mol. The maximum atomic E-state index is 13.9. The topological polar surface area (TPSA) is 46.5 Å². The number of nitrogens with one attached hydrogen (secondary N) is 1. The number of hydrogen-bond acceptors (Lipinski definition) is 3. The molecule has 0 saturated heterocycles. The van der Waals surface area contributed by atoms with Crippen molar-refractivity contribution in [3.05, 3.63) is 99.9 Å². The molecule has 7 heteroatoms.